The third kappa shape index (κ3) is 56.2. The maximum atomic E-state index is 12.8. The van der Waals surface area contributed by atoms with Crippen LogP contribution in [0.1, 0.15) is 233 Å². The van der Waals surface area contributed by atoms with Crippen LogP contribution in [0.15, 0.2) is 146 Å². The minimum absolute atomic E-state index is 0.111. The maximum Gasteiger partial charge on any atom is 0.306 e. The zero-order valence-corrected chi connectivity index (χ0v) is 46.1. The van der Waals surface area contributed by atoms with Gasteiger partial charge in [-0.15, -0.1) is 0 Å². The first kappa shape index (κ1) is 67.3. The van der Waals surface area contributed by atoms with E-state index >= 15 is 0 Å². The lowest BCUT2D eigenvalue weighted by Crippen LogP contribution is -2.30. The Balaban J connectivity index is 4.43. The Bertz CT molecular complexity index is 1610. The van der Waals surface area contributed by atoms with Gasteiger partial charge in [-0.3, -0.25) is 14.4 Å². The SMILES string of the molecule is CC/C=C\C/C=C\C/C=C\C/C=C\C/C=C\C/C=C\C/C=C\C/C=C\C/C=C\CCCC(=O)OCC(COC(=O)CCCCCCCCCCCCCC)OC(=O)CCCCC/C=C\C/C=C\C/C=C\CC. The molecule has 0 radical (unpaired) electrons. The fourth-order valence-electron chi connectivity index (χ4n) is 7.34. The number of carbonyl (C=O) groups is 3. The Kier molecular flexibility index (Phi) is 55.0. The summed E-state index contributed by atoms with van der Waals surface area (Å²) in [5.74, 6) is -1.01. The van der Waals surface area contributed by atoms with E-state index in [1.54, 1.807) is 0 Å². The summed E-state index contributed by atoms with van der Waals surface area (Å²) in [5.41, 5.74) is 0. The molecule has 6 heteroatoms. The average molecular weight is 994 g/mol. The second-order valence-corrected chi connectivity index (χ2v) is 18.4. The van der Waals surface area contributed by atoms with Crippen LogP contribution < -0.4 is 0 Å². The Morgan fingerprint density at radius 2 is 0.556 bits per heavy atom. The van der Waals surface area contributed by atoms with E-state index in [0.29, 0.717) is 19.3 Å². The van der Waals surface area contributed by atoms with E-state index < -0.39 is 6.10 Å². The highest BCUT2D eigenvalue weighted by atomic mass is 16.6. The van der Waals surface area contributed by atoms with E-state index in [4.69, 9.17) is 14.2 Å². The van der Waals surface area contributed by atoms with E-state index in [2.05, 4.69) is 167 Å². The summed E-state index contributed by atoms with van der Waals surface area (Å²) in [4.78, 5) is 38.0. The summed E-state index contributed by atoms with van der Waals surface area (Å²) in [7, 11) is 0. The molecule has 0 aromatic carbocycles. The summed E-state index contributed by atoms with van der Waals surface area (Å²) in [5, 5.41) is 0. The summed E-state index contributed by atoms with van der Waals surface area (Å²) in [6.45, 7) is 6.32. The lowest BCUT2D eigenvalue weighted by Gasteiger charge is -2.18. The highest BCUT2D eigenvalue weighted by Gasteiger charge is 2.19. The van der Waals surface area contributed by atoms with Gasteiger partial charge in [0.2, 0.25) is 0 Å². The predicted molar refractivity (Wildman–Crippen MR) is 311 cm³/mol. The van der Waals surface area contributed by atoms with Gasteiger partial charge in [-0.05, 0) is 116 Å². The number of carbonyl (C=O) groups excluding carboxylic acids is 3. The summed E-state index contributed by atoms with van der Waals surface area (Å²) < 4.78 is 16.7. The van der Waals surface area contributed by atoms with Crippen molar-refractivity contribution < 1.29 is 28.6 Å². The molecule has 1 unspecified atom stereocenters. The van der Waals surface area contributed by atoms with Gasteiger partial charge in [-0.25, -0.2) is 0 Å². The molecule has 1 atom stereocenters. The third-order valence-electron chi connectivity index (χ3n) is 11.6. The Morgan fingerprint density at radius 1 is 0.292 bits per heavy atom. The molecule has 0 aromatic heterocycles. The number of hydrogen-bond acceptors (Lipinski definition) is 6. The molecule has 0 heterocycles. The number of rotatable bonds is 50. The van der Waals surface area contributed by atoms with Crippen LogP contribution in [-0.2, 0) is 28.6 Å². The van der Waals surface area contributed by atoms with Crippen molar-refractivity contribution in [3.05, 3.63) is 146 Å². The van der Waals surface area contributed by atoms with Crippen molar-refractivity contribution in [2.24, 2.45) is 0 Å². The monoisotopic (exact) mass is 993 g/mol. The van der Waals surface area contributed by atoms with Crippen LogP contribution in [0.3, 0.4) is 0 Å². The molecule has 0 rings (SSSR count). The highest BCUT2D eigenvalue weighted by molar-refractivity contribution is 5.71. The number of ether oxygens (including phenoxy) is 3. The first-order valence-corrected chi connectivity index (χ1v) is 28.8. The lowest BCUT2D eigenvalue weighted by molar-refractivity contribution is -0.167. The second kappa shape index (κ2) is 58.9. The molecule has 0 aliphatic heterocycles. The van der Waals surface area contributed by atoms with Crippen LogP contribution in [0.4, 0.5) is 0 Å². The van der Waals surface area contributed by atoms with E-state index in [0.717, 1.165) is 122 Å². The molecular formula is C66H104O6. The maximum absolute atomic E-state index is 12.8. The van der Waals surface area contributed by atoms with E-state index in [1.165, 1.54) is 57.8 Å². The molecule has 404 valence electrons. The van der Waals surface area contributed by atoms with Crippen molar-refractivity contribution in [3.8, 4) is 0 Å². The van der Waals surface area contributed by atoms with E-state index in [9.17, 15) is 14.4 Å². The van der Waals surface area contributed by atoms with Gasteiger partial charge < -0.3 is 14.2 Å². The molecule has 0 saturated carbocycles. The molecule has 0 bridgehead atoms. The zero-order chi connectivity index (χ0) is 52.2. The molecule has 0 aliphatic carbocycles. The molecule has 0 fully saturated rings. The van der Waals surface area contributed by atoms with Crippen LogP contribution >= 0.6 is 0 Å². The average Bonchev–Trinajstić information content (AvgIpc) is 3.38. The van der Waals surface area contributed by atoms with Gasteiger partial charge >= 0.3 is 17.9 Å². The van der Waals surface area contributed by atoms with Crippen molar-refractivity contribution in [1.29, 1.82) is 0 Å². The summed E-state index contributed by atoms with van der Waals surface area (Å²) in [6.07, 6.45) is 84.2. The first-order valence-electron chi connectivity index (χ1n) is 28.8. The number of unbranched alkanes of at least 4 members (excludes halogenated alkanes) is 15. The molecule has 72 heavy (non-hydrogen) atoms. The van der Waals surface area contributed by atoms with E-state index in [1.807, 2.05) is 0 Å². The predicted octanol–water partition coefficient (Wildman–Crippen LogP) is 19.6. The van der Waals surface area contributed by atoms with Gasteiger partial charge in [-0.2, -0.15) is 0 Å². The van der Waals surface area contributed by atoms with E-state index in [-0.39, 0.29) is 44.0 Å². The molecular weight excluding hydrogens is 889 g/mol. The minimum Gasteiger partial charge on any atom is -0.462 e. The fourth-order valence-corrected chi connectivity index (χ4v) is 7.34. The Morgan fingerprint density at radius 3 is 0.903 bits per heavy atom. The number of hydrogen-bond donors (Lipinski definition) is 0. The molecule has 0 N–H and O–H groups in total. The van der Waals surface area contributed by atoms with Crippen molar-refractivity contribution in [3.63, 3.8) is 0 Å². The Labute approximate surface area is 442 Å². The molecule has 0 amide bonds. The molecule has 0 aromatic rings. The Hall–Kier alpha value is -4.71. The number of esters is 3. The van der Waals surface area contributed by atoms with Gasteiger partial charge in [0.1, 0.15) is 13.2 Å². The van der Waals surface area contributed by atoms with Crippen molar-refractivity contribution >= 4 is 17.9 Å². The quantitative estimate of drug-likeness (QED) is 0.0261. The van der Waals surface area contributed by atoms with Crippen molar-refractivity contribution in [2.45, 2.75) is 239 Å². The minimum atomic E-state index is -0.820. The van der Waals surface area contributed by atoms with Crippen LogP contribution in [-0.4, -0.2) is 37.2 Å². The highest BCUT2D eigenvalue weighted by Crippen LogP contribution is 2.14. The van der Waals surface area contributed by atoms with Gasteiger partial charge in [0.15, 0.2) is 6.10 Å². The molecule has 0 spiro atoms. The van der Waals surface area contributed by atoms with Crippen molar-refractivity contribution in [2.75, 3.05) is 13.2 Å². The summed E-state index contributed by atoms with van der Waals surface area (Å²) in [6, 6.07) is 0. The van der Waals surface area contributed by atoms with Gasteiger partial charge in [0.25, 0.3) is 0 Å². The first-order chi connectivity index (χ1) is 35.5. The van der Waals surface area contributed by atoms with Crippen molar-refractivity contribution in [1.82, 2.24) is 0 Å². The van der Waals surface area contributed by atoms with Gasteiger partial charge in [-0.1, -0.05) is 244 Å². The largest absolute Gasteiger partial charge is 0.462 e. The summed E-state index contributed by atoms with van der Waals surface area (Å²) >= 11 is 0. The van der Waals surface area contributed by atoms with Crippen LogP contribution in [0.2, 0.25) is 0 Å². The third-order valence-corrected chi connectivity index (χ3v) is 11.6. The normalized spacial score (nSPS) is 13.2. The van der Waals surface area contributed by atoms with Crippen LogP contribution in [0, 0.1) is 0 Å². The molecule has 0 saturated heterocycles. The fraction of sp³-hybridized carbons (Fsp3) is 0.591. The van der Waals surface area contributed by atoms with Gasteiger partial charge in [0, 0.05) is 19.3 Å². The molecule has 6 nitrogen and oxygen atoms in total. The zero-order valence-electron chi connectivity index (χ0n) is 46.1. The van der Waals surface area contributed by atoms with Crippen LogP contribution in [0.5, 0.6) is 0 Å². The second-order valence-electron chi connectivity index (χ2n) is 18.4. The van der Waals surface area contributed by atoms with Gasteiger partial charge in [0.05, 0.1) is 0 Å². The number of allylic oxidation sites excluding steroid dienone is 24. The van der Waals surface area contributed by atoms with Crippen LogP contribution in [0.25, 0.3) is 0 Å². The topological polar surface area (TPSA) is 78.9 Å². The smallest absolute Gasteiger partial charge is 0.306 e. The standard InChI is InChI=1S/C66H104O6/c1-4-7-10-13-16-19-22-25-26-27-28-29-30-31-32-33-34-35-36-37-38-39-40-42-44-47-50-53-56-59-65(68)71-62-63(61-70-64(67)58-55-52-49-46-43-24-21-18-15-12-9-6-3)72-66(69)60-57-54-51-48-45-41-23-20-17-14-11-8-5-2/h7-8,10-11,16-17,19-20,25-26,28-29,31-32,34-35,37-38,40-42,45,47,50,63H,4-6,9,12-15,18,21-24,27,30,33,36,39,43-44,46,48-49,51-62H2,1-3H3/b10-7-,11-8-,19-16-,20-17-,26-25-,29-28-,32-31-,35-34-,38-37-,42-40-,45-41-,50-47-. The lowest BCUT2D eigenvalue weighted by atomic mass is 10.0. The molecule has 0 aliphatic rings.